The van der Waals surface area contributed by atoms with E-state index in [0.29, 0.717) is 0 Å². The van der Waals surface area contributed by atoms with E-state index < -0.39 is 0 Å². The Morgan fingerprint density at radius 3 is 2.47 bits per heavy atom. The third-order valence-corrected chi connectivity index (χ3v) is 5.43. The van der Waals surface area contributed by atoms with E-state index in [1.165, 1.54) is 11.1 Å². The summed E-state index contributed by atoms with van der Waals surface area (Å²) < 4.78 is 7.20. The number of nitrogens with one attached hydrogen (secondary N) is 1. The molecule has 0 atom stereocenters. The van der Waals surface area contributed by atoms with Crippen LogP contribution in [0.15, 0.2) is 60.8 Å². The number of ether oxygens (including phenoxy) is 1. The van der Waals surface area contributed by atoms with Crippen molar-refractivity contribution in [1.29, 1.82) is 0 Å². The van der Waals surface area contributed by atoms with E-state index in [4.69, 9.17) is 9.72 Å². The van der Waals surface area contributed by atoms with E-state index in [9.17, 15) is 4.79 Å². The molecule has 0 saturated heterocycles. The normalized spacial score (nSPS) is 10.9. The first-order valence-electron chi connectivity index (χ1n) is 9.94. The molecule has 1 N–H and O–H groups in total. The highest BCUT2D eigenvalue weighted by molar-refractivity contribution is 5.93. The molecule has 2 aromatic heterocycles. The number of pyridine rings is 1. The molecule has 0 radical (unpaired) electrons. The second kappa shape index (κ2) is 8.03. The molecule has 0 aliphatic heterocycles. The van der Waals surface area contributed by atoms with Gasteiger partial charge in [-0.2, -0.15) is 0 Å². The number of rotatable bonds is 5. The zero-order valence-corrected chi connectivity index (χ0v) is 17.7. The minimum absolute atomic E-state index is 0.0893. The first kappa shape index (κ1) is 19.7. The average molecular weight is 399 g/mol. The Bertz CT molecular complexity index is 1220. The zero-order valence-electron chi connectivity index (χ0n) is 17.7. The maximum Gasteiger partial charge on any atom is 0.230 e. The first-order valence-corrected chi connectivity index (χ1v) is 9.94. The Morgan fingerprint density at radius 2 is 1.77 bits per heavy atom. The fourth-order valence-electron chi connectivity index (χ4n) is 3.57. The summed E-state index contributed by atoms with van der Waals surface area (Å²) in [4.78, 5) is 17.8. The molecular formula is C25H25N3O2. The van der Waals surface area contributed by atoms with Crippen LogP contribution in [0.5, 0.6) is 5.75 Å². The summed E-state index contributed by atoms with van der Waals surface area (Å²) in [5, 5.41) is 2.97. The van der Waals surface area contributed by atoms with Crippen LogP contribution in [0, 0.1) is 20.8 Å². The van der Waals surface area contributed by atoms with Gasteiger partial charge in [-0.25, -0.2) is 4.98 Å². The lowest BCUT2D eigenvalue weighted by molar-refractivity contribution is -0.115. The smallest absolute Gasteiger partial charge is 0.230 e. The van der Waals surface area contributed by atoms with Gasteiger partial charge in [-0.1, -0.05) is 18.2 Å². The number of aryl methyl sites for hydroxylation is 3. The molecule has 0 spiro atoms. The number of imidazole rings is 1. The summed E-state index contributed by atoms with van der Waals surface area (Å²) in [5.41, 5.74) is 7.86. The number of carbonyl (C=O) groups is 1. The molecule has 2 aromatic carbocycles. The van der Waals surface area contributed by atoms with Crippen LogP contribution < -0.4 is 10.1 Å². The number of nitrogens with zero attached hydrogens (tertiary/aromatic N) is 2. The van der Waals surface area contributed by atoms with Crippen LogP contribution in [0.1, 0.15) is 22.4 Å². The van der Waals surface area contributed by atoms with Gasteiger partial charge >= 0.3 is 0 Å². The molecule has 0 aliphatic rings. The molecule has 0 bridgehead atoms. The molecule has 4 rings (SSSR count). The van der Waals surface area contributed by atoms with Crippen molar-refractivity contribution in [2.75, 3.05) is 12.4 Å². The molecule has 0 saturated carbocycles. The number of hydrogen-bond donors (Lipinski definition) is 1. The molecule has 152 valence electrons. The Morgan fingerprint density at radius 1 is 1.00 bits per heavy atom. The number of aromatic nitrogens is 2. The summed E-state index contributed by atoms with van der Waals surface area (Å²) in [6.07, 6.45) is 2.19. The lowest BCUT2D eigenvalue weighted by Gasteiger charge is -2.09. The topological polar surface area (TPSA) is 55.6 Å². The Hall–Kier alpha value is -3.60. The number of methoxy groups -OCH3 is 1. The summed E-state index contributed by atoms with van der Waals surface area (Å²) in [6, 6.07) is 17.7. The number of amides is 1. The van der Waals surface area contributed by atoms with Crippen molar-refractivity contribution in [3.05, 3.63) is 83.2 Å². The van der Waals surface area contributed by atoms with Gasteiger partial charge < -0.3 is 14.5 Å². The second-order valence-corrected chi connectivity index (χ2v) is 7.54. The van der Waals surface area contributed by atoms with Gasteiger partial charge in [-0.15, -0.1) is 0 Å². The Balaban J connectivity index is 1.71. The first-order chi connectivity index (χ1) is 14.5. The quantitative estimate of drug-likeness (QED) is 0.507. The Kier molecular flexibility index (Phi) is 5.27. The van der Waals surface area contributed by atoms with Crippen LogP contribution in [0.2, 0.25) is 0 Å². The fraction of sp³-hybridized carbons (Fsp3) is 0.200. The maximum absolute atomic E-state index is 12.9. The fourth-order valence-corrected chi connectivity index (χ4v) is 3.57. The number of anilines is 1. The number of benzene rings is 2. The third kappa shape index (κ3) is 3.79. The van der Waals surface area contributed by atoms with Crippen LogP contribution in [0.25, 0.3) is 16.9 Å². The van der Waals surface area contributed by atoms with Gasteiger partial charge in [0.15, 0.2) is 0 Å². The van der Waals surface area contributed by atoms with Crippen LogP contribution in [-0.4, -0.2) is 22.4 Å². The van der Waals surface area contributed by atoms with E-state index in [0.717, 1.165) is 39.6 Å². The second-order valence-electron chi connectivity index (χ2n) is 7.54. The SMILES string of the molecule is COc1ccc(NC(=O)Cc2c(-c3ccc(C)c(C)c3)nc3c(C)cccn23)cc1. The molecule has 2 heterocycles. The largest absolute Gasteiger partial charge is 0.497 e. The number of hydrogen-bond acceptors (Lipinski definition) is 3. The zero-order chi connectivity index (χ0) is 21.3. The summed E-state index contributed by atoms with van der Waals surface area (Å²) in [6.45, 7) is 6.22. The summed E-state index contributed by atoms with van der Waals surface area (Å²) >= 11 is 0. The molecule has 1 amide bonds. The van der Waals surface area contributed by atoms with Gasteiger partial charge in [0.2, 0.25) is 5.91 Å². The number of carbonyl (C=O) groups excluding carboxylic acids is 1. The standard InChI is InChI=1S/C25H25N3O2/c1-16-7-8-19(14-18(16)3)24-22(28-13-5-6-17(2)25(28)27-24)15-23(29)26-20-9-11-21(30-4)12-10-20/h5-14H,15H2,1-4H3,(H,26,29). The summed E-state index contributed by atoms with van der Waals surface area (Å²) in [7, 11) is 1.62. The van der Waals surface area contributed by atoms with Crippen molar-refractivity contribution in [2.24, 2.45) is 0 Å². The van der Waals surface area contributed by atoms with Gasteiger partial charge in [0.05, 0.1) is 24.9 Å². The summed E-state index contributed by atoms with van der Waals surface area (Å²) in [5.74, 6) is 0.663. The van der Waals surface area contributed by atoms with Crippen LogP contribution in [0.4, 0.5) is 5.69 Å². The molecule has 4 aromatic rings. The van der Waals surface area contributed by atoms with Gasteiger partial charge in [-0.05, 0) is 73.9 Å². The van der Waals surface area contributed by atoms with Crippen LogP contribution in [0.3, 0.4) is 0 Å². The van der Waals surface area contributed by atoms with E-state index in [2.05, 4.69) is 37.4 Å². The lowest BCUT2D eigenvalue weighted by Crippen LogP contribution is -2.16. The molecule has 30 heavy (non-hydrogen) atoms. The van der Waals surface area contributed by atoms with Crippen LogP contribution in [-0.2, 0) is 11.2 Å². The van der Waals surface area contributed by atoms with Crippen LogP contribution >= 0.6 is 0 Å². The van der Waals surface area contributed by atoms with Gasteiger partial charge in [-0.3, -0.25) is 4.79 Å². The Labute approximate surface area is 176 Å². The van der Waals surface area contributed by atoms with Crippen molar-refractivity contribution >= 4 is 17.2 Å². The minimum atomic E-state index is -0.0893. The third-order valence-electron chi connectivity index (χ3n) is 5.43. The minimum Gasteiger partial charge on any atom is -0.497 e. The highest BCUT2D eigenvalue weighted by Crippen LogP contribution is 2.28. The lowest BCUT2D eigenvalue weighted by atomic mass is 10.0. The molecule has 0 unspecified atom stereocenters. The maximum atomic E-state index is 12.9. The molecule has 5 nitrogen and oxygen atoms in total. The van der Waals surface area contributed by atoms with Crippen molar-refractivity contribution in [3.63, 3.8) is 0 Å². The highest BCUT2D eigenvalue weighted by atomic mass is 16.5. The molecule has 5 heteroatoms. The van der Waals surface area contributed by atoms with Crippen molar-refractivity contribution < 1.29 is 9.53 Å². The van der Waals surface area contributed by atoms with Gasteiger partial charge in [0, 0.05) is 17.4 Å². The predicted octanol–water partition coefficient (Wildman–Crippen LogP) is 5.12. The van der Waals surface area contributed by atoms with E-state index in [1.807, 2.05) is 53.9 Å². The van der Waals surface area contributed by atoms with E-state index >= 15 is 0 Å². The van der Waals surface area contributed by atoms with Gasteiger partial charge in [0.25, 0.3) is 0 Å². The van der Waals surface area contributed by atoms with Gasteiger partial charge in [0.1, 0.15) is 11.4 Å². The average Bonchev–Trinajstić information content (AvgIpc) is 3.10. The molecular weight excluding hydrogens is 374 g/mol. The van der Waals surface area contributed by atoms with Crippen molar-refractivity contribution in [1.82, 2.24) is 9.38 Å². The molecule has 0 aliphatic carbocycles. The van der Waals surface area contributed by atoms with E-state index in [1.54, 1.807) is 7.11 Å². The van der Waals surface area contributed by atoms with Crippen molar-refractivity contribution in [3.8, 4) is 17.0 Å². The predicted molar refractivity (Wildman–Crippen MR) is 120 cm³/mol. The number of fused-ring (bicyclic) bond motifs is 1. The monoisotopic (exact) mass is 399 g/mol. The highest BCUT2D eigenvalue weighted by Gasteiger charge is 2.18. The van der Waals surface area contributed by atoms with Crippen molar-refractivity contribution in [2.45, 2.75) is 27.2 Å². The molecule has 0 fully saturated rings. The van der Waals surface area contributed by atoms with E-state index in [-0.39, 0.29) is 12.3 Å².